The summed E-state index contributed by atoms with van der Waals surface area (Å²) >= 11 is 0. The van der Waals surface area contributed by atoms with Crippen LogP contribution in [-0.2, 0) is 27.3 Å². The summed E-state index contributed by atoms with van der Waals surface area (Å²) in [5.41, 5.74) is -1.07. The van der Waals surface area contributed by atoms with Crippen molar-refractivity contribution in [2.45, 2.75) is 31.4 Å². The Morgan fingerprint density at radius 3 is 2.55 bits per heavy atom. The highest BCUT2D eigenvalue weighted by Gasteiger charge is 2.51. The minimum atomic E-state index is -2.41. The average Bonchev–Trinajstić information content (AvgIpc) is 3.02. The zero-order valence-corrected chi connectivity index (χ0v) is 16.2. The zero-order chi connectivity index (χ0) is 22.3. The van der Waals surface area contributed by atoms with E-state index in [2.05, 4.69) is 10.6 Å². The maximum Gasteiger partial charge on any atom is 0.268 e. The van der Waals surface area contributed by atoms with E-state index in [1.807, 2.05) is 0 Å². The maximum absolute atomic E-state index is 13.8. The third-order valence-electron chi connectivity index (χ3n) is 5.50. The molecule has 1 saturated heterocycles. The van der Waals surface area contributed by atoms with Crippen LogP contribution in [0.15, 0.2) is 30.3 Å². The molecule has 1 fully saturated rings. The van der Waals surface area contributed by atoms with Crippen LogP contribution in [0.25, 0.3) is 0 Å². The van der Waals surface area contributed by atoms with Gasteiger partial charge in [0.2, 0.25) is 11.5 Å². The van der Waals surface area contributed by atoms with E-state index in [-0.39, 0.29) is 18.9 Å². The van der Waals surface area contributed by atoms with Crippen LogP contribution in [-0.4, -0.2) is 35.0 Å². The van der Waals surface area contributed by atoms with E-state index in [0.717, 1.165) is 5.56 Å². The van der Waals surface area contributed by atoms with Gasteiger partial charge in [-0.3, -0.25) is 14.4 Å². The second-order valence-corrected chi connectivity index (χ2v) is 7.49. The minimum absolute atomic E-state index is 0.0488. The first kappa shape index (κ1) is 20.9. The molecule has 7 nitrogen and oxygen atoms in total. The van der Waals surface area contributed by atoms with Crippen molar-refractivity contribution < 1.29 is 32.7 Å². The van der Waals surface area contributed by atoms with Crippen LogP contribution in [0, 0.1) is 17.5 Å². The number of rotatable bonds is 4. The lowest BCUT2D eigenvalue weighted by molar-refractivity contribution is -0.149. The van der Waals surface area contributed by atoms with E-state index in [0.29, 0.717) is 36.3 Å². The van der Waals surface area contributed by atoms with E-state index < -0.39 is 47.0 Å². The second-order valence-electron chi connectivity index (χ2n) is 7.49. The van der Waals surface area contributed by atoms with Crippen LogP contribution in [0.2, 0.25) is 0 Å². The third-order valence-corrected chi connectivity index (χ3v) is 5.50. The fourth-order valence-electron chi connectivity index (χ4n) is 3.76. The Labute approximate surface area is 174 Å². The minimum Gasteiger partial charge on any atom is -0.372 e. The van der Waals surface area contributed by atoms with Gasteiger partial charge < -0.3 is 20.6 Å². The molecule has 3 N–H and O–H groups in total. The maximum atomic E-state index is 13.8. The second kappa shape index (κ2) is 7.69. The number of aryl methyl sites for hydroxylation is 1. The lowest BCUT2D eigenvalue weighted by atomic mass is 10.0. The van der Waals surface area contributed by atoms with Crippen molar-refractivity contribution in [3.05, 3.63) is 58.9 Å². The lowest BCUT2D eigenvalue weighted by Gasteiger charge is -2.24. The predicted molar refractivity (Wildman–Crippen MR) is 103 cm³/mol. The van der Waals surface area contributed by atoms with Gasteiger partial charge in [0.1, 0.15) is 17.5 Å². The number of carbonyl (C=O) groups excluding carboxylic acids is 3. The summed E-state index contributed by atoms with van der Waals surface area (Å²) in [5, 5.41) is 15.6. The number of hydrogen-bond donors (Lipinski definition) is 3. The monoisotopic (exact) mass is 433 g/mol. The van der Waals surface area contributed by atoms with E-state index in [1.165, 1.54) is 4.90 Å². The fraction of sp³-hybridized carbons (Fsp3) is 0.286. The molecule has 2 heterocycles. The molecular formula is C21H18F3N3O4. The standard InChI is InChI=1S/C21H18F3N3O4/c22-12-8-15(23)14(16(24)9-12)10-25-19(29)21(31)5-6-27(20(21)30)13-2-3-17-11(7-13)1-4-18(28)26-17/h2-3,7-9,31H,1,4-6,10H2,(H,25,29)(H,26,28). The molecule has 4 rings (SSSR count). The number of anilines is 2. The number of nitrogens with zero attached hydrogens (tertiary/aromatic N) is 1. The Morgan fingerprint density at radius 2 is 1.84 bits per heavy atom. The van der Waals surface area contributed by atoms with Gasteiger partial charge in [-0.15, -0.1) is 0 Å². The molecule has 0 aromatic heterocycles. The first-order valence-electron chi connectivity index (χ1n) is 9.58. The van der Waals surface area contributed by atoms with Crippen LogP contribution >= 0.6 is 0 Å². The largest absolute Gasteiger partial charge is 0.372 e. The van der Waals surface area contributed by atoms with Crippen molar-refractivity contribution >= 4 is 29.1 Å². The number of aliphatic hydroxyl groups is 1. The van der Waals surface area contributed by atoms with Gasteiger partial charge in [0, 0.05) is 55.0 Å². The van der Waals surface area contributed by atoms with Gasteiger partial charge in [-0.1, -0.05) is 0 Å². The van der Waals surface area contributed by atoms with Gasteiger partial charge in [0.25, 0.3) is 11.8 Å². The summed E-state index contributed by atoms with van der Waals surface area (Å²) in [5.74, 6) is -5.55. The molecule has 31 heavy (non-hydrogen) atoms. The third kappa shape index (κ3) is 3.74. The van der Waals surface area contributed by atoms with Crippen molar-refractivity contribution in [2.75, 3.05) is 16.8 Å². The van der Waals surface area contributed by atoms with Crippen LogP contribution in [0.1, 0.15) is 24.0 Å². The molecule has 0 aliphatic carbocycles. The molecule has 0 spiro atoms. The molecule has 1 atom stereocenters. The highest BCUT2D eigenvalue weighted by Crippen LogP contribution is 2.33. The SMILES string of the molecule is O=C1CCc2cc(N3CCC(O)(C(=O)NCc4c(F)cc(F)cc4F)C3=O)ccc2N1. The van der Waals surface area contributed by atoms with Crippen molar-refractivity contribution in [1.82, 2.24) is 5.32 Å². The van der Waals surface area contributed by atoms with Gasteiger partial charge >= 0.3 is 0 Å². The summed E-state index contributed by atoms with van der Waals surface area (Å²) in [6, 6.07) is 5.89. The number of benzene rings is 2. The summed E-state index contributed by atoms with van der Waals surface area (Å²) < 4.78 is 40.5. The van der Waals surface area contributed by atoms with Gasteiger partial charge in [-0.2, -0.15) is 0 Å². The van der Waals surface area contributed by atoms with Crippen LogP contribution in [0.3, 0.4) is 0 Å². The van der Waals surface area contributed by atoms with Crippen LogP contribution < -0.4 is 15.5 Å². The van der Waals surface area contributed by atoms with E-state index in [4.69, 9.17) is 0 Å². The van der Waals surface area contributed by atoms with Crippen molar-refractivity contribution in [2.24, 2.45) is 0 Å². The molecule has 2 aromatic carbocycles. The molecule has 0 saturated carbocycles. The van der Waals surface area contributed by atoms with Crippen LogP contribution in [0.5, 0.6) is 0 Å². The fourth-order valence-corrected chi connectivity index (χ4v) is 3.76. The summed E-state index contributed by atoms with van der Waals surface area (Å²) in [6.45, 7) is -0.613. The number of halogens is 3. The highest BCUT2D eigenvalue weighted by molar-refractivity contribution is 6.16. The Balaban J connectivity index is 1.49. The average molecular weight is 433 g/mol. The van der Waals surface area contributed by atoms with Crippen molar-refractivity contribution in [3.8, 4) is 0 Å². The van der Waals surface area contributed by atoms with Crippen molar-refractivity contribution in [1.29, 1.82) is 0 Å². The quantitative estimate of drug-likeness (QED) is 0.640. The highest BCUT2D eigenvalue weighted by atomic mass is 19.1. The number of nitrogens with one attached hydrogen (secondary N) is 2. The molecule has 2 aliphatic rings. The van der Waals surface area contributed by atoms with Crippen LogP contribution in [0.4, 0.5) is 24.5 Å². The first-order chi connectivity index (χ1) is 14.7. The molecule has 2 aliphatic heterocycles. The number of carbonyl (C=O) groups is 3. The normalized spacial score (nSPS) is 20.5. The molecule has 2 aromatic rings. The first-order valence-corrected chi connectivity index (χ1v) is 9.58. The molecule has 162 valence electrons. The smallest absolute Gasteiger partial charge is 0.268 e. The Kier molecular flexibility index (Phi) is 5.18. The number of fused-ring (bicyclic) bond motifs is 1. The van der Waals surface area contributed by atoms with E-state index in [9.17, 15) is 32.7 Å². The Bertz CT molecular complexity index is 1080. The Hall–Kier alpha value is -3.40. The van der Waals surface area contributed by atoms with Gasteiger partial charge in [0.05, 0.1) is 0 Å². The molecule has 10 heteroatoms. The molecule has 0 radical (unpaired) electrons. The van der Waals surface area contributed by atoms with E-state index >= 15 is 0 Å². The summed E-state index contributed by atoms with van der Waals surface area (Å²) in [6.07, 6.45) is 0.587. The van der Waals surface area contributed by atoms with Gasteiger partial charge in [0.15, 0.2) is 0 Å². The summed E-state index contributed by atoms with van der Waals surface area (Å²) in [7, 11) is 0. The summed E-state index contributed by atoms with van der Waals surface area (Å²) in [4.78, 5) is 38.1. The molecule has 3 amide bonds. The number of hydrogen-bond acceptors (Lipinski definition) is 4. The van der Waals surface area contributed by atoms with Crippen molar-refractivity contribution in [3.63, 3.8) is 0 Å². The zero-order valence-electron chi connectivity index (χ0n) is 16.2. The number of amides is 3. The molecule has 0 bridgehead atoms. The Morgan fingerprint density at radius 1 is 1.13 bits per heavy atom. The van der Waals surface area contributed by atoms with Gasteiger partial charge in [-0.25, -0.2) is 13.2 Å². The predicted octanol–water partition coefficient (Wildman–Crippen LogP) is 1.77. The van der Waals surface area contributed by atoms with E-state index in [1.54, 1.807) is 18.2 Å². The molecular weight excluding hydrogens is 415 g/mol. The van der Waals surface area contributed by atoms with Gasteiger partial charge in [-0.05, 0) is 30.2 Å². The lowest BCUT2D eigenvalue weighted by Crippen LogP contribution is -2.52. The molecule has 1 unspecified atom stereocenters. The topological polar surface area (TPSA) is 98.7 Å².